The zero-order valence-corrected chi connectivity index (χ0v) is 13.4. The van der Waals surface area contributed by atoms with E-state index in [0.29, 0.717) is 22.3 Å². The third-order valence-electron chi connectivity index (χ3n) is 3.14. The molecular formula is C16H16Cl2FNO. The van der Waals surface area contributed by atoms with Crippen molar-refractivity contribution in [2.75, 3.05) is 7.05 Å². The number of aryl methyl sites for hydroxylation is 1. The van der Waals surface area contributed by atoms with Crippen molar-refractivity contribution in [2.45, 2.75) is 20.1 Å². The molecule has 0 saturated carbocycles. The molecule has 112 valence electrons. The average molecular weight is 328 g/mol. The molecule has 0 aliphatic rings. The van der Waals surface area contributed by atoms with Crippen molar-refractivity contribution in [1.29, 1.82) is 0 Å². The lowest BCUT2D eigenvalue weighted by Crippen LogP contribution is -2.08. The van der Waals surface area contributed by atoms with E-state index in [4.69, 9.17) is 27.9 Å². The number of halogens is 3. The number of benzene rings is 2. The monoisotopic (exact) mass is 327 g/mol. The van der Waals surface area contributed by atoms with E-state index in [2.05, 4.69) is 5.32 Å². The van der Waals surface area contributed by atoms with Crippen LogP contribution in [0.25, 0.3) is 0 Å². The molecule has 0 bridgehead atoms. The summed E-state index contributed by atoms with van der Waals surface area (Å²) in [6.45, 7) is 2.75. The Bertz CT molecular complexity index is 646. The summed E-state index contributed by atoms with van der Waals surface area (Å²) in [5.74, 6) is 0.288. The van der Waals surface area contributed by atoms with Crippen molar-refractivity contribution in [1.82, 2.24) is 5.32 Å². The first-order valence-electron chi connectivity index (χ1n) is 6.51. The van der Waals surface area contributed by atoms with E-state index in [9.17, 15) is 4.39 Å². The number of ether oxygens (including phenoxy) is 1. The van der Waals surface area contributed by atoms with Crippen LogP contribution in [0.2, 0.25) is 10.0 Å². The van der Waals surface area contributed by atoms with Crippen LogP contribution >= 0.6 is 23.2 Å². The zero-order valence-electron chi connectivity index (χ0n) is 11.8. The molecule has 0 amide bonds. The normalized spacial score (nSPS) is 10.7. The summed E-state index contributed by atoms with van der Waals surface area (Å²) < 4.78 is 19.1. The van der Waals surface area contributed by atoms with E-state index < -0.39 is 0 Å². The quantitative estimate of drug-likeness (QED) is 0.856. The molecule has 0 aliphatic carbocycles. The van der Waals surface area contributed by atoms with Crippen LogP contribution in [0.1, 0.15) is 16.7 Å². The van der Waals surface area contributed by atoms with Gasteiger partial charge in [0.2, 0.25) is 0 Å². The second-order valence-corrected chi connectivity index (χ2v) is 5.61. The van der Waals surface area contributed by atoms with Crippen molar-refractivity contribution in [2.24, 2.45) is 0 Å². The average Bonchev–Trinajstić information content (AvgIpc) is 2.41. The molecule has 0 fully saturated rings. The second-order valence-electron chi connectivity index (χ2n) is 4.77. The van der Waals surface area contributed by atoms with Crippen molar-refractivity contribution in [3.63, 3.8) is 0 Å². The fourth-order valence-electron chi connectivity index (χ4n) is 2.04. The van der Waals surface area contributed by atoms with Gasteiger partial charge in [-0.05, 0) is 49.4 Å². The largest absolute Gasteiger partial charge is 0.487 e. The molecule has 1 N–H and O–H groups in total. The summed E-state index contributed by atoms with van der Waals surface area (Å²) in [4.78, 5) is 0. The van der Waals surface area contributed by atoms with Gasteiger partial charge in [0.15, 0.2) is 0 Å². The summed E-state index contributed by atoms with van der Waals surface area (Å²) in [5, 5.41) is 4.04. The maximum Gasteiger partial charge on any atom is 0.142 e. The van der Waals surface area contributed by atoms with Crippen molar-refractivity contribution < 1.29 is 9.13 Å². The fraction of sp³-hybridized carbons (Fsp3) is 0.250. The molecule has 0 spiro atoms. The predicted octanol–water partition coefficient (Wildman–Crippen LogP) is 4.74. The van der Waals surface area contributed by atoms with Crippen LogP contribution < -0.4 is 10.1 Å². The molecule has 0 atom stereocenters. The summed E-state index contributed by atoms with van der Waals surface area (Å²) in [5.41, 5.74) is 2.62. The van der Waals surface area contributed by atoms with E-state index in [1.165, 1.54) is 12.1 Å². The van der Waals surface area contributed by atoms with E-state index in [0.717, 1.165) is 16.7 Å². The van der Waals surface area contributed by atoms with Crippen molar-refractivity contribution in [3.05, 3.63) is 62.9 Å². The highest BCUT2D eigenvalue weighted by Gasteiger charge is 2.11. The van der Waals surface area contributed by atoms with Gasteiger partial charge in [0.25, 0.3) is 0 Å². The molecule has 2 rings (SSSR count). The van der Waals surface area contributed by atoms with E-state index >= 15 is 0 Å². The Kier molecular flexibility index (Phi) is 5.45. The molecule has 5 heteroatoms. The van der Waals surface area contributed by atoms with Crippen LogP contribution in [0.4, 0.5) is 4.39 Å². The minimum Gasteiger partial charge on any atom is -0.487 e. The number of hydrogen-bond acceptors (Lipinski definition) is 2. The van der Waals surface area contributed by atoms with Gasteiger partial charge >= 0.3 is 0 Å². The Labute approximate surface area is 133 Å². The lowest BCUT2D eigenvalue weighted by Gasteiger charge is -2.15. The molecule has 0 heterocycles. The van der Waals surface area contributed by atoms with Gasteiger partial charge < -0.3 is 10.1 Å². The van der Waals surface area contributed by atoms with Gasteiger partial charge in [-0.3, -0.25) is 0 Å². The van der Waals surface area contributed by atoms with Gasteiger partial charge in [0.05, 0.1) is 5.02 Å². The van der Waals surface area contributed by atoms with Gasteiger partial charge in [0, 0.05) is 17.1 Å². The molecule has 2 aromatic carbocycles. The van der Waals surface area contributed by atoms with Crippen LogP contribution in [0.15, 0.2) is 30.3 Å². The lowest BCUT2D eigenvalue weighted by atomic mass is 10.1. The highest BCUT2D eigenvalue weighted by molar-refractivity contribution is 6.35. The zero-order chi connectivity index (χ0) is 15.4. The predicted molar refractivity (Wildman–Crippen MR) is 84.7 cm³/mol. The van der Waals surface area contributed by atoms with Gasteiger partial charge in [-0.25, -0.2) is 4.39 Å². The Morgan fingerprint density at radius 3 is 2.62 bits per heavy atom. The number of hydrogen-bond donors (Lipinski definition) is 1. The summed E-state index contributed by atoms with van der Waals surface area (Å²) in [6, 6.07) is 8.07. The van der Waals surface area contributed by atoms with E-state index in [1.807, 2.05) is 14.0 Å². The van der Waals surface area contributed by atoms with Crippen LogP contribution in [0.5, 0.6) is 5.75 Å². The SMILES string of the molecule is CNCc1cc(Cl)cc(Cl)c1OCc1cc(F)ccc1C. The lowest BCUT2D eigenvalue weighted by molar-refractivity contribution is 0.301. The Hall–Kier alpha value is -1.29. The molecule has 0 unspecified atom stereocenters. The molecule has 0 saturated heterocycles. The molecule has 0 aromatic heterocycles. The number of nitrogens with one attached hydrogen (secondary N) is 1. The first kappa shape index (κ1) is 16.1. The minimum atomic E-state index is -0.281. The van der Waals surface area contributed by atoms with Crippen LogP contribution in [-0.4, -0.2) is 7.05 Å². The Morgan fingerprint density at radius 1 is 1.14 bits per heavy atom. The maximum absolute atomic E-state index is 13.3. The molecule has 21 heavy (non-hydrogen) atoms. The third kappa shape index (κ3) is 4.10. The van der Waals surface area contributed by atoms with Crippen LogP contribution in [0, 0.1) is 12.7 Å². The van der Waals surface area contributed by atoms with Crippen molar-refractivity contribution in [3.8, 4) is 5.75 Å². The highest BCUT2D eigenvalue weighted by atomic mass is 35.5. The molecule has 2 nitrogen and oxygen atoms in total. The van der Waals surface area contributed by atoms with Gasteiger partial charge in [-0.2, -0.15) is 0 Å². The second kappa shape index (κ2) is 7.12. The maximum atomic E-state index is 13.3. The Morgan fingerprint density at radius 2 is 1.90 bits per heavy atom. The molecular weight excluding hydrogens is 312 g/mol. The number of rotatable bonds is 5. The summed E-state index contributed by atoms with van der Waals surface area (Å²) in [6.07, 6.45) is 0. The standard InChI is InChI=1S/C16H16Cl2FNO/c1-10-3-4-14(19)6-12(10)9-21-16-11(8-20-2)5-13(17)7-15(16)18/h3-7,20H,8-9H2,1-2H3. The first-order chi connectivity index (χ1) is 10.0. The van der Waals surface area contributed by atoms with Crippen LogP contribution in [-0.2, 0) is 13.2 Å². The van der Waals surface area contributed by atoms with Crippen molar-refractivity contribution >= 4 is 23.2 Å². The Balaban J connectivity index is 2.25. The molecule has 0 radical (unpaired) electrons. The van der Waals surface area contributed by atoms with Crippen LogP contribution in [0.3, 0.4) is 0 Å². The minimum absolute atomic E-state index is 0.252. The summed E-state index contributed by atoms with van der Waals surface area (Å²) >= 11 is 12.2. The molecule has 0 aliphatic heterocycles. The highest BCUT2D eigenvalue weighted by Crippen LogP contribution is 2.33. The van der Waals surface area contributed by atoms with Gasteiger partial charge in [-0.1, -0.05) is 29.3 Å². The smallest absolute Gasteiger partial charge is 0.142 e. The van der Waals surface area contributed by atoms with E-state index in [1.54, 1.807) is 18.2 Å². The fourth-order valence-corrected chi connectivity index (χ4v) is 2.63. The third-order valence-corrected chi connectivity index (χ3v) is 3.63. The molecule has 2 aromatic rings. The first-order valence-corrected chi connectivity index (χ1v) is 7.27. The van der Waals surface area contributed by atoms with Gasteiger partial charge in [-0.15, -0.1) is 0 Å². The van der Waals surface area contributed by atoms with E-state index in [-0.39, 0.29) is 12.4 Å². The summed E-state index contributed by atoms with van der Waals surface area (Å²) in [7, 11) is 1.83. The van der Waals surface area contributed by atoms with Gasteiger partial charge in [0.1, 0.15) is 18.2 Å². The topological polar surface area (TPSA) is 21.3 Å².